The van der Waals surface area contributed by atoms with Gasteiger partial charge < -0.3 is 10.7 Å². The zero-order valence-electron chi connectivity index (χ0n) is 16.2. The van der Waals surface area contributed by atoms with Gasteiger partial charge in [0.15, 0.2) is 0 Å². The number of nitrogens with one attached hydrogen (secondary N) is 2. The molecule has 1 aliphatic heterocycles. The Hall–Kier alpha value is -3.73. The van der Waals surface area contributed by atoms with E-state index in [1.807, 2.05) is 6.92 Å². The molecule has 2 N–H and O–H groups in total. The molecule has 2 heterocycles. The van der Waals surface area contributed by atoms with Crippen molar-refractivity contribution >= 4 is 5.69 Å². The predicted molar refractivity (Wildman–Crippen MR) is 109 cm³/mol. The van der Waals surface area contributed by atoms with Gasteiger partial charge in [0.2, 0.25) is 0 Å². The summed E-state index contributed by atoms with van der Waals surface area (Å²) in [6, 6.07) is 13.8. The fourth-order valence-electron chi connectivity index (χ4n) is 3.65. The lowest BCUT2D eigenvalue weighted by atomic mass is 9.88. The molecule has 0 radical (unpaired) electrons. The molecule has 152 valence electrons. The SMILES string of the molecule is CC1Nn2c(nc(CNc3ccc(C#N)cc3)cc2=O)CC1c1ccc(F)cc1F. The highest BCUT2D eigenvalue weighted by molar-refractivity contribution is 5.47. The van der Waals surface area contributed by atoms with Crippen LogP contribution in [0.2, 0.25) is 0 Å². The summed E-state index contributed by atoms with van der Waals surface area (Å²) in [5.74, 6) is -1.04. The van der Waals surface area contributed by atoms with Crippen molar-refractivity contribution in [3.05, 3.63) is 93.2 Å². The van der Waals surface area contributed by atoms with Crippen molar-refractivity contribution in [3.63, 3.8) is 0 Å². The van der Waals surface area contributed by atoms with Gasteiger partial charge in [0.25, 0.3) is 5.56 Å². The highest BCUT2D eigenvalue weighted by atomic mass is 19.1. The Labute approximate surface area is 171 Å². The molecule has 8 heteroatoms. The van der Waals surface area contributed by atoms with Crippen molar-refractivity contribution in [3.8, 4) is 6.07 Å². The van der Waals surface area contributed by atoms with Crippen LogP contribution in [-0.2, 0) is 13.0 Å². The molecular formula is C22H19F2N5O. The first-order valence-corrected chi connectivity index (χ1v) is 9.52. The van der Waals surface area contributed by atoms with E-state index >= 15 is 0 Å². The second-order valence-electron chi connectivity index (χ2n) is 7.27. The number of fused-ring (bicyclic) bond motifs is 1. The third kappa shape index (κ3) is 3.87. The topological polar surface area (TPSA) is 82.7 Å². The van der Waals surface area contributed by atoms with Crippen LogP contribution >= 0.6 is 0 Å². The molecule has 4 rings (SSSR count). The number of nitriles is 1. The summed E-state index contributed by atoms with van der Waals surface area (Å²) < 4.78 is 29.0. The standard InChI is InChI=1S/C22H19F2N5O/c1-13-19(18-7-4-15(23)8-20(18)24)10-21-27-17(9-22(30)29(21)28-13)12-26-16-5-2-14(11-25)3-6-16/h2-9,13,19,26,28H,10,12H2,1H3. The number of hydrogen-bond donors (Lipinski definition) is 2. The Morgan fingerprint density at radius 1 is 1.23 bits per heavy atom. The molecule has 0 spiro atoms. The Morgan fingerprint density at radius 3 is 2.70 bits per heavy atom. The lowest BCUT2D eigenvalue weighted by Gasteiger charge is -2.33. The molecule has 0 aliphatic carbocycles. The number of aromatic nitrogens is 2. The summed E-state index contributed by atoms with van der Waals surface area (Å²) in [5.41, 5.74) is 5.11. The van der Waals surface area contributed by atoms with Crippen LogP contribution in [0.1, 0.15) is 35.5 Å². The van der Waals surface area contributed by atoms with E-state index in [-0.39, 0.29) is 17.5 Å². The van der Waals surface area contributed by atoms with E-state index in [0.29, 0.717) is 35.6 Å². The number of nitrogens with zero attached hydrogens (tertiary/aromatic N) is 3. The Bertz CT molecular complexity index is 1180. The zero-order valence-corrected chi connectivity index (χ0v) is 16.2. The van der Waals surface area contributed by atoms with Gasteiger partial charge >= 0.3 is 0 Å². The van der Waals surface area contributed by atoms with Crippen LogP contribution < -0.4 is 16.3 Å². The molecule has 0 amide bonds. The van der Waals surface area contributed by atoms with Crippen LogP contribution in [0.25, 0.3) is 0 Å². The average Bonchev–Trinajstić information content (AvgIpc) is 2.73. The number of rotatable bonds is 4. The Balaban J connectivity index is 1.57. The molecular weight excluding hydrogens is 388 g/mol. The summed E-state index contributed by atoms with van der Waals surface area (Å²) in [6.45, 7) is 2.17. The van der Waals surface area contributed by atoms with E-state index in [0.717, 1.165) is 11.8 Å². The minimum absolute atomic E-state index is 0.236. The smallest absolute Gasteiger partial charge is 0.272 e. The summed E-state index contributed by atoms with van der Waals surface area (Å²) in [6.07, 6.45) is 0.344. The summed E-state index contributed by atoms with van der Waals surface area (Å²) in [7, 11) is 0. The molecule has 0 saturated carbocycles. The third-order valence-electron chi connectivity index (χ3n) is 5.23. The number of benzene rings is 2. The second-order valence-corrected chi connectivity index (χ2v) is 7.27. The molecule has 3 aromatic rings. The normalized spacial score (nSPS) is 17.5. The van der Waals surface area contributed by atoms with E-state index < -0.39 is 11.6 Å². The highest BCUT2D eigenvalue weighted by Crippen LogP contribution is 2.29. The monoisotopic (exact) mass is 407 g/mol. The Kier molecular flexibility index (Phi) is 5.19. The van der Waals surface area contributed by atoms with Crippen molar-refractivity contribution in [1.29, 1.82) is 5.26 Å². The summed E-state index contributed by atoms with van der Waals surface area (Å²) in [5, 5.41) is 12.0. The van der Waals surface area contributed by atoms with Gasteiger partial charge in [0, 0.05) is 36.2 Å². The predicted octanol–water partition coefficient (Wildman–Crippen LogP) is 3.28. The minimum Gasteiger partial charge on any atom is -0.379 e. The fourth-order valence-corrected chi connectivity index (χ4v) is 3.65. The molecule has 2 atom stereocenters. The molecule has 0 fully saturated rings. The molecule has 1 aliphatic rings. The van der Waals surface area contributed by atoms with Crippen LogP contribution in [0.15, 0.2) is 53.3 Å². The lowest BCUT2D eigenvalue weighted by molar-refractivity contribution is 0.447. The van der Waals surface area contributed by atoms with Crippen molar-refractivity contribution in [2.75, 3.05) is 10.7 Å². The van der Waals surface area contributed by atoms with Crippen molar-refractivity contribution in [2.45, 2.75) is 31.8 Å². The highest BCUT2D eigenvalue weighted by Gasteiger charge is 2.30. The average molecular weight is 407 g/mol. The van der Waals surface area contributed by atoms with Gasteiger partial charge in [-0.15, -0.1) is 0 Å². The van der Waals surface area contributed by atoms with Gasteiger partial charge in [-0.05, 0) is 42.8 Å². The minimum atomic E-state index is -0.626. The molecule has 0 bridgehead atoms. The van der Waals surface area contributed by atoms with E-state index in [2.05, 4.69) is 21.8 Å². The number of halogens is 2. The van der Waals surface area contributed by atoms with Gasteiger partial charge in [-0.2, -0.15) is 5.26 Å². The first-order valence-electron chi connectivity index (χ1n) is 9.52. The maximum absolute atomic E-state index is 14.3. The fraction of sp³-hybridized carbons (Fsp3) is 0.227. The molecule has 1 aromatic heterocycles. The zero-order chi connectivity index (χ0) is 21.3. The van der Waals surface area contributed by atoms with Crippen LogP contribution in [0.5, 0.6) is 0 Å². The maximum Gasteiger partial charge on any atom is 0.272 e. The van der Waals surface area contributed by atoms with Crippen molar-refractivity contribution in [1.82, 2.24) is 9.66 Å². The Morgan fingerprint density at radius 2 is 2.00 bits per heavy atom. The first-order chi connectivity index (χ1) is 14.4. The molecule has 0 saturated heterocycles. The van der Waals surface area contributed by atoms with Crippen LogP contribution in [0.4, 0.5) is 14.5 Å². The number of anilines is 1. The van der Waals surface area contributed by atoms with Gasteiger partial charge in [-0.3, -0.25) is 4.79 Å². The molecule has 2 unspecified atom stereocenters. The first kappa shape index (κ1) is 19.6. The van der Waals surface area contributed by atoms with Crippen molar-refractivity contribution < 1.29 is 8.78 Å². The number of hydrogen-bond acceptors (Lipinski definition) is 5. The summed E-state index contributed by atoms with van der Waals surface area (Å²) in [4.78, 5) is 17.1. The quantitative estimate of drug-likeness (QED) is 0.694. The van der Waals surface area contributed by atoms with E-state index in [4.69, 9.17) is 5.26 Å². The molecule has 6 nitrogen and oxygen atoms in total. The van der Waals surface area contributed by atoms with Gasteiger partial charge in [0.1, 0.15) is 17.5 Å². The van der Waals surface area contributed by atoms with E-state index in [1.54, 1.807) is 24.3 Å². The van der Waals surface area contributed by atoms with E-state index in [1.165, 1.54) is 22.9 Å². The largest absolute Gasteiger partial charge is 0.379 e. The maximum atomic E-state index is 14.3. The lowest BCUT2D eigenvalue weighted by Crippen LogP contribution is -2.45. The van der Waals surface area contributed by atoms with Crippen LogP contribution in [-0.4, -0.2) is 15.7 Å². The van der Waals surface area contributed by atoms with Gasteiger partial charge in [-0.1, -0.05) is 6.07 Å². The second kappa shape index (κ2) is 7.95. The molecule has 30 heavy (non-hydrogen) atoms. The molecule has 2 aromatic carbocycles. The summed E-state index contributed by atoms with van der Waals surface area (Å²) >= 11 is 0. The van der Waals surface area contributed by atoms with Gasteiger partial charge in [-0.25, -0.2) is 18.4 Å². The van der Waals surface area contributed by atoms with Gasteiger partial charge in [0.05, 0.1) is 23.9 Å². The van der Waals surface area contributed by atoms with Crippen molar-refractivity contribution in [2.24, 2.45) is 0 Å². The van der Waals surface area contributed by atoms with E-state index in [9.17, 15) is 13.6 Å². The van der Waals surface area contributed by atoms with Crippen LogP contribution in [0, 0.1) is 23.0 Å². The third-order valence-corrected chi connectivity index (χ3v) is 5.23. The van der Waals surface area contributed by atoms with Crippen LogP contribution in [0.3, 0.4) is 0 Å².